The van der Waals surface area contributed by atoms with Gasteiger partial charge in [-0.2, -0.15) is 9.06 Å². The minimum atomic E-state index is -0.364. The predicted molar refractivity (Wildman–Crippen MR) is 78.1 cm³/mol. The van der Waals surface area contributed by atoms with Crippen LogP contribution in [0.4, 0.5) is 0 Å². The first-order valence-electron chi connectivity index (χ1n) is 6.62. The van der Waals surface area contributed by atoms with Crippen LogP contribution < -0.4 is 10.4 Å². The van der Waals surface area contributed by atoms with Gasteiger partial charge in [-0.15, -0.1) is 4.68 Å². The highest BCUT2D eigenvalue weighted by atomic mass is 32.1. The van der Waals surface area contributed by atoms with Crippen LogP contribution in [0.2, 0.25) is 0 Å². The number of tetrazole rings is 1. The Bertz CT molecular complexity index is 851. The van der Waals surface area contributed by atoms with Crippen LogP contribution in [0, 0.1) is 0 Å². The molecule has 0 aliphatic carbocycles. The van der Waals surface area contributed by atoms with Crippen molar-refractivity contribution in [2.24, 2.45) is 7.05 Å². The molecule has 0 bridgehead atoms. The summed E-state index contributed by atoms with van der Waals surface area (Å²) in [7, 11) is 1.53. The van der Waals surface area contributed by atoms with Crippen molar-refractivity contribution in [1.29, 1.82) is 0 Å². The molecule has 0 unspecified atom stereocenters. The average molecular weight is 326 g/mol. The number of hydrogen-bond acceptors (Lipinski definition) is 8. The Hall–Kier alpha value is -2.07. The van der Waals surface area contributed by atoms with Crippen LogP contribution in [0.25, 0.3) is 5.82 Å². The zero-order chi connectivity index (χ0) is 15.7. The molecule has 3 aromatic rings. The molecule has 3 heterocycles. The Morgan fingerprint density at radius 1 is 1.48 bits per heavy atom. The molecule has 0 radical (unpaired) electrons. The molecule has 0 N–H and O–H groups in total. The number of aromatic nitrogens is 6. The molecule has 8 nitrogen and oxygen atoms in total. The van der Waals surface area contributed by atoms with Crippen LogP contribution in [0.5, 0.6) is 5.19 Å². The maximum atomic E-state index is 12.0. The monoisotopic (exact) mass is 326 g/mol. The van der Waals surface area contributed by atoms with E-state index in [1.807, 2.05) is 6.92 Å². The van der Waals surface area contributed by atoms with Gasteiger partial charge in [-0.25, -0.2) is 9.78 Å². The average Bonchev–Trinajstić information content (AvgIpc) is 3.18. The van der Waals surface area contributed by atoms with Gasteiger partial charge < -0.3 is 4.74 Å². The van der Waals surface area contributed by atoms with Crippen molar-refractivity contribution >= 4 is 22.9 Å². The molecule has 10 heteroatoms. The molecule has 21 heavy (non-hydrogen) atoms. The van der Waals surface area contributed by atoms with E-state index in [1.165, 1.54) is 29.9 Å². The molecule has 0 amide bonds. The van der Waals surface area contributed by atoms with Crippen LogP contribution in [-0.2, 0) is 20.1 Å². The van der Waals surface area contributed by atoms with Crippen LogP contribution >= 0.6 is 22.9 Å². The van der Waals surface area contributed by atoms with Crippen LogP contribution in [-0.4, -0.2) is 29.1 Å². The van der Waals surface area contributed by atoms with E-state index in [4.69, 9.17) is 6.11 Å². The van der Waals surface area contributed by atoms with Gasteiger partial charge in [-0.05, 0) is 28.4 Å². The molecule has 0 aliphatic heterocycles. The molecule has 0 atom stereocenters. The van der Waals surface area contributed by atoms with Gasteiger partial charge in [-0.3, -0.25) is 0 Å². The highest BCUT2D eigenvalue weighted by molar-refractivity contribution is 7.11. The zero-order valence-electron chi connectivity index (χ0n) is 12.3. The Kier molecular flexibility index (Phi) is 3.46. The van der Waals surface area contributed by atoms with Crippen molar-refractivity contribution in [3.8, 4) is 11.0 Å². The molecule has 3 rings (SSSR count). The van der Waals surface area contributed by atoms with E-state index in [0.29, 0.717) is 11.0 Å². The zero-order valence-corrected chi connectivity index (χ0v) is 12.9. The number of rotatable bonds is 5. The largest absolute Gasteiger partial charge is 0.465 e. The molecule has 0 saturated carbocycles. The van der Waals surface area contributed by atoms with E-state index in [0.717, 1.165) is 26.2 Å². The number of nitrogens with zero attached hydrogens (tertiary/aromatic N) is 6. The molecule has 110 valence electrons. The van der Waals surface area contributed by atoms with Gasteiger partial charge in [0.05, 0.1) is 6.93 Å². The van der Waals surface area contributed by atoms with Crippen LogP contribution in [0.15, 0.2) is 16.3 Å². The SMILES string of the molecule is [3H]c1csc(OCc2c(-n3nnn(C)c3=O)nsc2CC)n1. The normalized spacial score (nSPS) is 11.6. The first-order valence-corrected chi connectivity index (χ1v) is 7.77. The van der Waals surface area contributed by atoms with Crippen molar-refractivity contribution < 1.29 is 6.11 Å². The number of ether oxygens (including phenoxy) is 1. The Balaban J connectivity index is 1.93. The second-order valence-electron chi connectivity index (χ2n) is 4.09. The molecule has 0 saturated heterocycles. The summed E-state index contributed by atoms with van der Waals surface area (Å²) in [6.45, 7) is 2.22. The summed E-state index contributed by atoms with van der Waals surface area (Å²) in [5.74, 6) is 0.433. The fourth-order valence-corrected chi connectivity index (χ4v) is 2.96. The maximum Gasteiger partial charge on any atom is 0.369 e. The lowest BCUT2D eigenvalue weighted by molar-refractivity contribution is 0.303. The Labute approximate surface area is 129 Å². The molecular formula is C11H12N6O2S2. The van der Waals surface area contributed by atoms with Gasteiger partial charge >= 0.3 is 5.69 Å². The van der Waals surface area contributed by atoms with E-state index < -0.39 is 0 Å². The third kappa shape index (κ3) is 2.59. The van der Waals surface area contributed by atoms with E-state index in [1.54, 1.807) is 5.38 Å². The fraction of sp³-hybridized carbons (Fsp3) is 0.364. The van der Waals surface area contributed by atoms with E-state index in [2.05, 4.69) is 19.8 Å². The predicted octanol–water partition coefficient (Wildman–Crippen LogP) is 1.02. The second-order valence-corrected chi connectivity index (χ2v) is 5.77. The smallest absolute Gasteiger partial charge is 0.369 e. The van der Waals surface area contributed by atoms with Gasteiger partial charge in [0.2, 0.25) is 0 Å². The molecule has 0 spiro atoms. The topological polar surface area (TPSA) is 87.7 Å². The third-order valence-electron chi connectivity index (χ3n) is 2.80. The minimum absolute atomic E-state index is 0.171. The van der Waals surface area contributed by atoms with Gasteiger partial charge in [0.1, 0.15) is 6.61 Å². The van der Waals surface area contributed by atoms with Crippen molar-refractivity contribution in [1.82, 2.24) is 29.1 Å². The Morgan fingerprint density at radius 3 is 2.95 bits per heavy atom. The summed E-state index contributed by atoms with van der Waals surface area (Å²) in [6, 6.07) is 0. The highest BCUT2D eigenvalue weighted by Gasteiger charge is 2.19. The van der Waals surface area contributed by atoms with Crippen LogP contribution in [0.3, 0.4) is 0 Å². The van der Waals surface area contributed by atoms with E-state index in [9.17, 15) is 4.79 Å². The van der Waals surface area contributed by atoms with Crippen molar-refractivity contribution in [2.75, 3.05) is 0 Å². The molecular weight excluding hydrogens is 312 g/mol. The third-order valence-corrected chi connectivity index (χ3v) is 4.45. The van der Waals surface area contributed by atoms with Gasteiger partial charge in [-0.1, -0.05) is 18.3 Å². The van der Waals surface area contributed by atoms with E-state index >= 15 is 0 Å². The fourth-order valence-electron chi connectivity index (χ4n) is 1.75. The van der Waals surface area contributed by atoms with E-state index in [-0.39, 0.29) is 18.5 Å². The molecule has 0 fully saturated rings. The number of thiazole rings is 1. The molecule has 0 aliphatic rings. The lowest BCUT2D eigenvalue weighted by Crippen LogP contribution is -2.23. The van der Waals surface area contributed by atoms with Gasteiger partial charge in [0, 0.05) is 23.5 Å². The molecule has 0 aromatic carbocycles. The summed E-state index contributed by atoms with van der Waals surface area (Å²) in [4.78, 5) is 16.9. The summed E-state index contributed by atoms with van der Waals surface area (Å²) >= 11 is 2.56. The van der Waals surface area contributed by atoms with Gasteiger partial charge in [0.15, 0.2) is 5.82 Å². The standard InChI is InChI=1S/C11H12N6O2S2/c1-3-8-7(6-19-10-12-4-5-20-10)9(13-21-8)17-11(18)16(2)14-15-17/h4-5H,3,6H2,1-2H3/i4T. The number of aryl methyl sites for hydroxylation is 2. The lowest BCUT2D eigenvalue weighted by atomic mass is 10.2. The van der Waals surface area contributed by atoms with Crippen LogP contribution in [0.1, 0.15) is 18.7 Å². The summed E-state index contributed by atoms with van der Waals surface area (Å²) in [6.07, 6.45) is 0.942. The Morgan fingerprint density at radius 2 is 2.33 bits per heavy atom. The second kappa shape index (κ2) is 5.74. The maximum absolute atomic E-state index is 12.0. The first-order chi connectivity index (χ1) is 10.6. The van der Waals surface area contributed by atoms with Crippen molar-refractivity contribution in [3.63, 3.8) is 0 Å². The summed E-state index contributed by atoms with van der Waals surface area (Å²) < 4.78 is 19.6. The van der Waals surface area contributed by atoms with Crippen molar-refractivity contribution in [3.05, 3.63) is 32.5 Å². The first kappa shape index (κ1) is 12.7. The quantitative estimate of drug-likeness (QED) is 0.695. The highest BCUT2D eigenvalue weighted by Crippen LogP contribution is 2.24. The lowest BCUT2D eigenvalue weighted by Gasteiger charge is -2.04. The van der Waals surface area contributed by atoms with Crippen molar-refractivity contribution in [2.45, 2.75) is 20.0 Å². The number of hydrogen-bond donors (Lipinski definition) is 0. The van der Waals surface area contributed by atoms with Gasteiger partial charge in [0.25, 0.3) is 5.19 Å². The summed E-state index contributed by atoms with van der Waals surface area (Å²) in [5.41, 5.74) is 0.425. The summed E-state index contributed by atoms with van der Waals surface area (Å²) in [5, 5.41) is 9.52. The molecule has 3 aromatic heterocycles. The minimum Gasteiger partial charge on any atom is -0.465 e.